The SMILES string of the molecule is CCCC1=C2[C@@H](CC/C(=C/c3ccc(CO)o3)c3ccccn3)OC[C@@H]2[C@@H]2C(=O)N(c3cc(C(F)(F)F)cc(C(F)(F)F)c3)C(=O)[C@@H]2C1. The van der Waals surface area contributed by atoms with Crippen molar-refractivity contribution in [1.29, 1.82) is 0 Å². The maximum Gasteiger partial charge on any atom is 0.416 e. The molecule has 0 saturated carbocycles. The molecule has 2 aliphatic heterocycles. The number of benzene rings is 1. The van der Waals surface area contributed by atoms with Crippen LogP contribution in [0.1, 0.15) is 67.4 Å². The fraction of sp³-hybridized carbons (Fsp3) is 0.400. The summed E-state index contributed by atoms with van der Waals surface area (Å²) in [4.78, 5) is 32.6. The fourth-order valence-electron chi connectivity index (χ4n) is 7.18. The Bertz CT molecular complexity index is 1730. The Balaban J connectivity index is 1.30. The number of nitrogens with zero attached hydrogens (tertiary/aromatic N) is 2. The Labute approximate surface area is 271 Å². The van der Waals surface area contributed by atoms with Crippen LogP contribution in [0.5, 0.6) is 0 Å². The first-order chi connectivity index (χ1) is 22.8. The largest absolute Gasteiger partial charge is 0.459 e. The monoisotopic (exact) mass is 674 g/mol. The van der Waals surface area contributed by atoms with E-state index in [2.05, 4.69) is 4.98 Å². The number of ether oxygens (including phenoxy) is 1. The predicted molar refractivity (Wildman–Crippen MR) is 162 cm³/mol. The van der Waals surface area contributed by atoms with Crippen molar-refractivity contribution in [3.05, 3.63) is 94.2 Å². The number of fused-ring (bicyclic) bond motifs is 3. The summed E-state index contributed by atoms with van der Waals surface area (Å²) in [7, 11) is 0. The Kier molecular flexibility index (Phi) is 9.12. The summed E-state index contributed by atoms with van der Waals surface area (Å²) in [6, 6.07) is 9.70. The number of imide groups is 1. The van der Waals surface area contributed by atoms with Crippen LogP contribution in [0.15, 0.2) is 70.3 Å². The summed E-state index contributed by atoms with van der Waals surface area (Å²) in [6.45, 7) is 1.79. The molecule has 0 radical (unpaired) electrons. The second-order valence-electron chi connectivity index (χ2n) is 12.2. The highest BCUT2D eigenvalue weighted by molar-refractivity contribution is 6.22. The van der Waals surface area contributed by atoms with Gasteiger partial charge in [-0.3, -0.25) is 14.6 Å². The smallest absolute Gasteiger partial charge is 0.416 e. The third-order valence-electron chi connectivity index (χ3n) is 9.21. The number of hydrogen-bond donors (Lipinski definition) is 1. The molecule has 4 heterocycles. The molecule has 0 bridgehead atoms. The predicted octanol–water partition coefficient (Wildman–Crippen LogP) is 7.85. The summed E-state index contributed by atoms with van der Waals surface area (Å²) < 4.78 is 93.8. The van der Waals surface area contributed by atoms with Gasteiger partial charge in [-0.15, -0.1) is 0 Å². The van der Waals surface area contributed by atoms with Crippen LogP contribution in [0, 0.1) is 17.8 Å². The molecule has 254 valence electrons. The number of halogens is 6. The van der Waals surface area contributed by atoms with Crippen LogP contribution in [-0.4, -0.2) is 34.6 Å². The van der Waals surface area contributed by atoms with Gasteiger partial charge in [0, 0.05) is 12.1 Å². The van der Waals surface area contributed by atoms with Gasteiger partial charge in [0.15, 0.2) is 0 Å². The van der Waals surface area contributed by atoms with Crippen molar-refractivity contribution in [3.63, 3.8) is 0 Å². The minimum atomic E-state index is -5.13. The van der Waals surface area contributed by atoms with E-state index in [1.807, 2.05) is 25.1 Å². The number of rotatable bonds is 9. The minimum Gasteiger partial charge on any atom is -0.459 e. The molecule has 0 unspecified atom stereocenters. The number of aliphatic hydroxyl groups excluding tert-OH is 1. The molecule has 0 spiro atoms. The minimum absolute atomic E-state index is 0.0267. The van der Waals surface area contributed by atoms with Crippen molar-refractivity contribution < 1.29 is 50.2 Å². The summed E-state index contributed by atoms with van der Waals surface area (Å²) in [5, 5.41) is 9.41. The van der Waals surface area contributed by atoms with Crippen molar-refractivity contribution in [3.8, 4) is 0 Å². The summed E-state index contributed by atoms with van der Waals surface area (Å²) in [6.07, 6.45) is -4.79. The summed E-state index contributed by atoms with van der Waals surface area (Å²) in [5.41, 5.74) is -0.614. The second-order valence-corrected chi connectivity index (χ2v) is 12.2. The average molecular weight is 675 g/mol. The van der Waals surface area contributed by atoms with E-state index < -0.39 is 64.8 Å². The molecule has 3 aliphatic rings. The number of carbonyl (C=O) groups excluding carboxylic acids is 2. The molecule has 2 fully saturated rings. The number of hydrogen-bond acceptors (Lipinski definition) is 6. The lowest BCUT2D eigenvalue weighted by molar-refractivity contribution is -0.143. The quantitative estimate of drug-likeness (QED) is 0.141. The first-order valence-electron chi connectivity index (χ1n) is 15.6. The Hall–Kier alpha value is -4.23. The fourth-order valence-corrected chi connectivity index (χ4v) is 7.18. The van der Waals surface area contributed by atoms with Crippen LogP contribution >= 0.6 is 0 Å². The lowest BCUT2D eigenvalue weighted by Gasteiger charge is -2.32. The third kappa shape index (κ3) is 6.45. The third-order valence-corrected chi connectivity index (χ3v) is 9.21. The molecule has 13 heteroatoms. The van der Waals surface area contributed by atoms with Crippen LogP contribution in [0.4, 0.5) is 32.0 Å². The molecular weight excluding hydrogens is 642 g/mol. The van der Waals surface area contributed by atoms with Gasteiger partial charge >= 0.3 is 12.4 Å². The zero-order valence-corrected chi connectivity index (χ0v) is 25.8. The van der Waals surface area contributed by atoms with Gasteiger partial charge in [-0.1, -0.05) is 25.0 Å². The number of aromatic nitrogens is 1. The van der Waals surface area contributed by atoms with Gasteiger partial charge < -0.3 is 14.3 Å². The number of carbonyl (C=O) groups is 2. The van der Waals surface area contributed by atoms with Gasteiger partial charge in [-0.2, -0.15) is 26.3 Å². The molecule has 4 atom stereocenters. The van der Waals surface area contributed by atoms with E-state index in [9.17, 15) is 41.0 Å². The first-order valence-corrected chi connectivity index (χ1v) is 15.6. The molecule has 7 nitrogen and oxygen atoms in total. The molecule has 1 aliphatic carbocycles. The van der Waals surface area contributed by atoms with E-state index in [0.29, 0.717) is 53.5 Å². The van der Waals surface area contributed by atoms with E-state index in [-0.39, 0.29) is 25.7 Å². The molecule has 1 N–H and O–H groups in total. The number of amides is 2. The van der Waals surface area contributed by atoms with Crippen molar-refractivity contribution >= 4 is 29.2 Å². The second kappa shape index (κ2) is 13.0. The zero-order chi connectivity index (χ0) is 34.4. The number of allylic oxidation sites excluding steroid dienone is 2. The van der Waals surface area contributed by atoms with Crippen molar-refractivity contribution in [2.45, 2.75) is 64.1 Å². The molecule has 3 aromatic rings. The Morgan fingerprint density at radius 3 is 2.33 bits per heavy atom. The number of pyridine rings is 1. The molecule has 2 amide bonds. The topological polar surface area (TPSA) is 92.9 Å². The number of furan rings is 1. The number of aliphatic hydroxyl groups is 1. The number of alkyl halides is 6. The summed E-state index contributed by atoms with van der Waals surface area (Å²) in [5.74, 6) is -3.17. The van der Waals surface area contributed by atoms with Gasteiger partial charge in [-0.05, 0) is 85.4 Å². The molecule has 48 heavy (non-hydrogen) atoms. The van der Waals surface area contributed by atoms with Crippen LogP contribution in [-0.2, 0) is 33.3 Å². The van der Waals surface area contributed by atoms with Crippen molar-refractivity contribution in [1.82, 2.24) is 4.98 Å². The lowest BCUT2D eigenvalue weighted by atomic mass is 9.68. The first kappa shape index (κ1) is 33.7. The molecule has 6 rings (SSSR count). The van der Waals surface area contributed by atoms with Gasteiger partial charge in [-0.25, -0.2) is 4.90 Å². The van der Waals surface area contributed by atoms with Gasteiger partial charge in [0.05, 0.1) is 47.1 Å². The molecule has 2 saturated heterocycles. The zero-order valence-electron chi connectivity index (χ0n) is 25.8. The van der Waals surface area contributed by atoms with Crippen LogP contribution in [0.2, 0.25) is 0 Å². The maximum absolute atomic E-state index is 13.9. The Morgan fingerprint density at radius 2 is 1.73 bits per heavy atom. The van der Waals surface area contributed by atoms with Crippen molar-refractivity contribution in [2.75, 3.05) is 11.5 Å². The summed E-state index contributed by atoms with van der Waals surface area (Å²) >= 11 is 0. The van der Waals surface area contributed by atoms with Gasteiger partial charge in [0.25, 0.3) is 0 Å². The average Bonchev–Trinajstić information content (AvgIpc) is 3.75. The van der Waals surface area contributed by atoms with Crippen LogP contribution in [0.25, 0.3) is 11.6 Å². The highest BCUT2D eigenvalue weighted by Gasteiger charge is 2.57. The van der Waals surface area contributed by atoms with Gasteiger partial charge in [0.1, 0.15) is 18.1 Å². The van der Waals surface area contributed by atoms with E-state index in [0.717, 1.165) is 23.1 Å². The number of anilines is 1. The van der Waals surface area contributed by atoms with Crippen LogP contribution < -0.4 is 4.90 Å². The molecule has 2 aromatic heterocycles. The standard InChI is InChI=1S/C35H32F6N2O5/c1-2-5-20-13-26-31(33(46)43(32(26)45)23-15-21(34(36,37)38)14-22(16-23)35(39,40)41)27-18-47-29(30(20)27)10-7-19(28-6-3-4-11-42-28)12-24-8-9-25(17-44)48-24/h3-4,6,8-9,11-12,14-16,26-27,29,31,44H,2,5,7,10,13,17-18H2,1H3/b19-12-/t26-,27+,29-,31-/m1/s1. The lowest BCUT2D eigenvalue weighted by Crippen LogP contribution is -2.34. The van der Waals surface area contributed by atoms with Crippen LogP contribution in [0.3, 0.4) is 0 Å². The van der Waals surface area contributed by atoms with Gasteiger partial charge in [0.2, 0.25) is 11.8 Å². The molecular formula is C35H32F6N2O5. The highest BCUT2D eigenvalue weighted by atomic mass is 19.4. The van der Waals surface area contributed by atoms with E-state index in [1.165, 1.54) is 0 Å². The highest BCUT2D eigenvalue weighted by Crippen LogP contribution is 2.52. The maximum atomic E-state index is 13.9. The van der Waals surface area contributed by atoms with Crippen molar-refractivity contribution in [2.24, 2.45) is 17.8 Å². The van der Waals surface area contributed by atoms with E-state index >= 15 is 0 Å². The molecule has 1 aromatic carbocycles. The van der Waals surface area contributed by atoms with E-state index in [1.54, 1.807) is 24.4 Å². The Morgan fingerprint density at radius 1 is 1.00 bits per heavy atom. The normalized spacial score (nSPS) is 23.2. The van der Waals surface area contributed by atoms with E-state index in [4.69, 9.17) is 9.15 Å².